The predicted octanol–water partition coefficient (Wildman–Crippen LogP) is 3.49. The number of anilines is 3. The van der Waals surface area contributed by atoms with E-state index in [9.17, 15) is 4.79 Å². The van der Waals surface area contributed by atoms with Gasteiger partial charge in [-0.25, -0.2) is 15.0 Å². The molecule has 1 aliphatic carbocycles. The number of rotatable bonds is 6. The Morgan fingerprint density at radius 2 is 2.00 bits per heavy atom. The largest absolute Gasteiger partial charge is 0.368 e. The molecule has 0 spiro atoms. The summed E-state index contributed by atoms with van der Waals surface area (Å²) in [6, 6.07) is 13.3. The molecule has 32 heavy (non-hydrogen) atoms. The highest BCUT2D eigenvalue weighted by molar-refractivity contribution is 5.84. The minimum atomic E-state index is -0.308. The molecule has 2 aliphatic rings. The van der Waals surface area contributed by atoms with Gasteiger partial charge in [0.2, 0.25) is 5.91 Å². The molecule has 0 unspecified atom stereocenters. The maximum absolute atomic E-state index is 11.7. The van der Waals surface area contributed by atoms with Crippen molar-refractivity contribution >= 4 is 23.4 Å². The molecule has 8 heteroatoms. The summed E-state index contributed by atoms with van der Waals surface area (Å²) in [5, 5.41) is 12.4. The quantitative estimate of drug-likeness (QED) is 0.620. The molecule has 3 aromatic heterocycles. The van der Waals surface area contributed by atoms with Crippen LogP contribution in [0.5, 0.6) is 0 Å². The van der Waals surface area contributed by atoms with Gasteiger partial charge in [-0.3, -0.25) is 4.79 Å². The molecule has 160 valence electrons. The lowest BCUT2D eigenvalue weighted by atomic mass is 10.1. The molecule has 1 aliphatic heterocycles. The third-order valence-electron chi connectivity index (χ3n) is 5.96. The van der Waals surface area contributed by atoms with E-state index in [1.807, 2.05) is 23.1 Å². The number of pyridine rings is 3. The summed E-state index contributed by atoms with van der Waals surface area (Å²) < 4.78 is 0. The van der Waals surface area contributed by atoms with Crippen LogP contribution in [0.4, 0.5) is 17.5 Å². The maximum Gasteiger partial charge on any atom is 0.240 e. The molecule has 1 atom stereocenters. The van der Waals surface area contributed by atoms with E-state index in [-0.39, 0.29) is 11.9 Å². The van der Waals surface area contributed by atoms with Crippen LogP contribution in [0.2, 0.25) is 0 Å². The standard InChI is InChI=1S/C24H23N7O/c25-13-15-7-8-27-21(10-15)30-22-12-18(16-3-4-16)11-19(29-22)17-5-6-23(28-14-17)31-9-1-2-20(31)24(26)32/h5-8,10-12,14,16,20H,1-4,9H2,(H2,26,32)(H,27,29,30)/t20-/m1/s1. The summed E-state index contributed by atoms with van der Waals surface area (Å²) in [6.07, 6.45) is 7.44. The molecule has 1 amide bonds. The smallest absolute Gasteiger partial charge is 0.240 e. The summed E-state index contributed by atoms with van der Waals surface area (Å²) in [4.78, 5) is 27.4. The van der Waals surface area contributed by atoms with Gasteiger partial charge < -0.3 is 16.0 Å². The second-order valence-electron chi connectivity index (χ2n) is 8.27. The number of primary amides is 1. The van der Waals surface area contributed by atoms with E-state index in [1.165, 1.54) is 18.4 Å². The zero-order valence-electron chi connectivity index (χ0n) is 17.5. The van der Waals surface area contributed by atoms with Crippen molar-refractivity contribution in [1.82, 2.24) is 15.0 Å². The Balaban J connectivity index is 1.44. The minimum absolute atomic E-state index is 0.294. The summed E-state index contributed by atoms with van der Waals surface area (Å²) in [5.74, 6) is 2.25. The second kappa shape index (κ2) is 8.27. The fourth-order valence-corrected chi connectivity index (χ4v) is 4.16. The monoisotopic (exact) mass is 425 g/mol. The number of aromatic nitrogens is 3. The Labute approximate surface area is 186 Å². The molecular formula is C24H23N7O. The van der Waals surface area contributed by atoms with Crippen LogP contribution in [-0.2, 0) is 4.79 Å². The zero-order chi connectivity index (χ0) is 22.1. The highest BCUT2D eigenvalue weighted by Gasteiger charge is 2.30. The van der Waals surface area contributed by atoms with Crippen molar-refractivity contribution < 1.29 is 4.79 Å². The average Bonchev–Trinajstić information content (AvgIpc) is 3.55. The topological polar surface area (TPSA) is 121 Å². The van der Waals surface area contributed by atoms with Gasteiger partial charge in [0.15, 0.2) is 0 Å². The normalized spacial score (nSPS) is 17.7. The molecule has 1 saturated carbocycles. The summed E-state index contributed by atoms with van der Waals surface area (Å²) in [7, 11) is 0. The Hall–Kier alpha value is -3.99. The van der Waals surface area contributed by atoms with Gasteiger partial charge in [0.05, 0.1) is 17.3 Å². The second-order valence-corrected chi connectivity index (χ2v) is 8.27. The molecule has 3 N–H and O–H groups in total. The van der Waals surface area contributed by atoms with E-state index in [0.717, 1.165) is 36.5 Å². The minimum Gasteiger partial charge on any atom is -0.368 e. The first kappa shape index (κ1) is 19.9. The van der Waals surface area contributed by atoms with Gasteiger partial charge in [-0.2, -0.15) is 5.26 Å². The van der Waals surface area contributed by atoms with Crippen molar-refractivity contribution in [1.29, 1.82) is 5.26 Å². The third kappa shape index (κ3) is 4.10. The van der Waals surface area contributed by atoms with Crippen LogP contribution in [0.15, 0.2) is 48.8 Å². The molecular weight excluding hydrogens is 402 g/mol. The number of carbonyl (C=O) groups is 1. The van der Waals surface area contributed by atoms with Crippen LogP contribution in [0.25, 0.3) is 11.3 Å². The highest BCUT2D eigenvalue weighted by atomic mass is 16.1. The first-order valence-corrected chi connectivity index (χ1v) is 10.8. The van der Waals surface area contributed by atoms with Gasteiger partial charge in [-0.05, 0) is 73.6 Å². The van der Waals surface area contributed by atoms with Gasteiger partial charge in [-0.1, -0.05) is 0 Å². The van der Waals surface area contributed by atoms with Gasteiger partial charge in [0.25, 0.3) is 0 Å². The summed E-state index contributed by atoms with van der Waals surface area (Å²) in [5.41, 5.74) is 9.03. The van der Waals surface area contributed by atoms with Crippen LogP contribution < -0.4 is 16.0 Å². The van der Waals surface area contributed by atoms with Crippen molar-refractivity contribution in [3.8, 4) is 17.3 Å². The predicted molar refractivity (Wildman–Crippen MR) is 121 cm³/mol. The van der Waals surface area contributed by atoms with Gasteiger partial charge in [0.1, 0.15) is 23.5 Å². The molecule has 2 fully saturated rings. The van der Waals surface area contributed by atoms with Gasteiger partial charge in [0, 0.05) is 24.5 Å². The van der Waals surface area contributed by atoms with E-state index in [4.69, 9.17) is 16.0 Å². The molecule has 0 bridgehead atoms. The van der Waals surface area contributed by atoms with Gasteiger partial charge in [-0.15, -0.1) is 0 Å². The van der Waals surface area contributed by atoms with Crippen LogP contribution in [0, 0.1) is 11.3 Å². The zero-order valence-corrected chi connectivity index (χ0v) is 17.5. The Kier molecular flexibility index (Phi) is 5.15. The molecule has 3 aromatic rings. The number of amides is 1. The van der Waals surface area contributed by atoms with Crippen LogP contribution in [-0.4, -0.2) is 33.4 Å². The summed E-state index contributed by atoms with van der Waals surface area (Å²) >= 11 is 0. The van der Waals surface area contributed by atoms with Gasteiger partial charge >= 0.3 is 0 Å². The van der Waals surface area contributed by atoms with Crippen molar-refractivity contribution in [3.05, 3.63) is 59.9 Å². The van der Waals surface area contributed by atoms with E-state index < -0.39 is 0 Å². The number of nitrogens with zero attached hydrogens (tertiary/aromatic N) is 5. The first-order chi connectivity index (χ1) is 15.6. The lowest BCUT2D eigenvalue weighted by Crippen LogP contribution is -2.40. The SMILES string of the molecule is N#Cc1ccnc(Nc2cc(C3CC3)cc(-c3ccc(N4CCC[C@@H]4C(N)=O)nc3)n2)c1. The van der Waals surface area contributed by atoms with Crippen molar-refractivity contribution in [3.63, 3.8) is 0 Å². The van der Waals surface area contributed by atoms with E-state index in [1.54, 1.807) is 24.5 Å². The lowest BCUT2D eigenvalue weighted by Gasteiger charge is -2.23. The van der Waals surface area contributed by atoms with Crippen molar-refractivity contribution in [2.24, 2.45) is 5.73 Å². The highest BCUT2D eigenvalue weighted by Crippen LogP contribution is 2.42. The van der Waals surface area contributed by atoms with Crippen molar-refractivity contribution in [2.75, 3.05) is 16.8 Å². The summed E-state index contributed by atoms with van der Waals surface area (Å²) in [6.45, 7) is 0.776. The first-order valence-electron chi connectivity index (χ1n) is 10.8. The molecule has 1 saturated heterocycles. The molecule has 0 radical (unpaired) electrons. The number of nitrogens with two attached hydrogens (primary N) is 1. The molecule has 4 heterocycles. The Morgan fingerprint density at radius 1 is 1.12 bits per heavy atom. The van der Waals surface area contributed by atoms with E-state index in [0.29, 0.717) is 23.1 Å². The fraction of sp³-hybridized carbons (Fsp3) is 0.292. The third-order valence-corrected chi connectivity index (χ3v) is 5.96. The number of nitriles is 1. The Bertz CT molecular complexity index is 1200. The van der Waals surface area contributed by atoms with E-state index >= 15 is 0 Å². The van der Waals surface area contributed by atoms with E-state index in [2.05, 4.69) is 27.4 Å². The Morgan fingerprint density at radius 3 is 2.72 bits per heavy atom. The lowest BCUT2D eigenvalue weighted by molar-refractivity contribution is -0.119. The molecule has 0 aromatic carbocycles. The number of hydrogen-bond acceptors (Lipinski definition) is 7. The van der Waals surface area contributed by atoms with Crippen molar-refractivity contribution in [2.45, 2.75) is 37.6 Å². The number of carbonyl (C=O) groups excluding carboxylic acids is 1. The molecule has 5 rings (SSSR count). The van der Waals surface area contributed by atoms with Crippen LogP contribution >= 0.6 is 0 Å². The number of nitrogens with one attached hydrogen (secondary N) is 1. The average molecular weight is 425 g/mol. The fourth-order valence-electron chi connectivity index (χ4n) is 4.16. The molecule has 8 nitrogen and oxygen atoms in total. The van der Waals surface area contributed by atoms with Crippen LogP contribution in [0.3, 0.4) is 0 Å². The maximum atomic E-state index is 11.7. The number of hydrogen-bond donors (Lipinski definition) is 2. The van der Waals surface area contributed by atoms with Crippen LogP contribution in [0.1, 0.15) is 42.7 Å².